The minimum Gasteiger partial charge on any atom is -0.481 e. The van der Waals surface area contributed by atoms with E-state index in [1.54, 1.807) is 0 Å². The number of carbonyl (C=O) groups is 1. The summed E-state index contributed by atoms with van der Waals surface area (Å²) >= 11 is 1.53. The average molecular weight is 273 g/mol. The van der Waals surface area contributed by atoms with Crippen LogP contribution in [0.1, 0.15) is 34.9 Å². The highest BCUT2D eigenvalue weighted by Gasteiger charge is 2.30. The summed E-state index contributed by atoms with van der Waals surface area (Å²) in [5, 5.41) is 9.96. The number of thiazole rings is 1. The lowest BCUT2D eigenvalue weighted by Crippen LogP contribution is -2.00. The molecule has 2 aromatic rings. The van der Waals surface area contributed by atoms with Crippen molar-refractivity contribution < 1.29 is 9.90 Å². The zero-order valence-electron chi connectivity index (χ0n) is 10.7. The predicted molar refractivity (Wildman–Crippen MR) is 75.6 cm³/mol. The SMILES string of the molecule is Cc1ccccc1-c1nc(C2CC2)c(CC(=O)O)s1. The first-order chi connectivity index (χ1) is 9.15. The van der Waals surface area contributed by atoms with Gasteiger partial charge in [0.25, 0.3) is 0 Å². The van der Waals surface area contributed by atoms with Crippen LogP contribution in [0, 0.1) is 6.92 Å². The van der Waals surface area contributed by atoms with Crippen molar-refractivity contribution in [2.24, 2.45) is 0 Å². The van der Waals surface area contributed by atoms with Crippen molar-refractivity contribution in [2.45, 2.75) is 32.1 Å². The lowest BCUT2D eigenvalue weighted by atomic mass is 10.1. The topological polar surface area (TPSA) is 50.2 Å². The summed E-state index contributed by atoms with van der Waals surface area (Å²) in [6.07, 6.45) is 2.38. The molecule has 19 heavy (non-hydrogen) atoms. The number of aryl methyl sites for hydroxylation is 1. The van der Waals surface area contributed by atoms with Gasteiger partial charge in [0.05, 0.1) is 12.1 Å². The fourth-order valence-electron chi connectivity index (χ4n) is 2.23. The van der Waals surface area contributed by atoms with Crippen LogP contribution in [0.2, 0.25) is 0 Å². The first-order valence-corrected chi connectivity index (χ1v) is 7.24. The Balaban J connectivity index is 2.03. The molecule has 1 aliphatic carbocycles. The Hall–Kier alpha value is -1.68. The molecule has 4 heteroatoms. The van der Waals surface area contributed by atoms with Gasteiger partial charge < -0.3 is 5.11 Å². The number of hydrogen-bond donors (Lipinski definition) is 1. The van der Waals surface area contributed by atoms with Crippen molar-refractivity contribution in [1.82, 2.24) is 4.98 Å². The van der Waals surface area contributed by atoms with Crippen LogP contribution in [-0.4, -0.2) is 16.1 Å². The Kier molecular flexibility index (Phi) is 3.11. The molecule has 0 saturated heterocycles. The van der Waals surface area contributed by atoms with E-state index >= 15 is 0 Å². The quantitative estimate of drug-likeness (QED) is 0.925. The van der Waals surface area contributed by atoms with E-state index < -0.39 is 5.97 Å². The minimum absolute atomic E-state index is 0.0926. The highest BCUT2D eigenvalue weighted by atomic mass is 32.1. The number of carboxylic acid groups (broad SMARTS) is 1. The Labute approximate surface area is 115 Å². The zero-order valence-corrected chi connectivity index (χ0v) is 11.5. The van der Waals surface area contributed by atoms with Gasteiger partial charge in [0.1, 0.15) is 5.01 Å². The molecule has 98 valence electrons. The van der Waals surface area contributed by atoms with Crippen LogP contribution in [0.4, 0.5) is 0 Å². The van der Waals surface area contributed by atoms with Crippen LogP contribution in [0.3, 0.4) is 0 Å². The van der Waals surface area contributed by atoms with E-state index in [1.165, 1.54) is 16.9 Å². The summed E-state index contributed by atoms with van der Waals surface area (Å²) in [5.41, 5.74) is 3.32. The van der Waals surface area contributed by atoms with Crippen molar-refractivity contribution in [1.29, 1.82) is 0 Å². The number of aromatic nitrogens is 1. The molecule has 1 fully saturated rings. The van der Waals surface area contributed by atoms with Crippen molar-refractivity contribution in [3.05, 3.63) is 40.4 Å². The summed E-state index contributed by atoms with van der Waals surface area (Å²) < 4.78 is 0. The van der Waals surface area contributed by atoms with E-state index in [0.717, 1.165) is 34.0 Å². The van der Waals surface area contributed by atoms with Gasteiger partial charge in [-0.25, -0.2) is 4.98 Å². The van der Waals surface area contributed by atoms with Gasteiger partial charge in [-0.2, -0.15) is 0 Å². The lowest BCUT2D eigenvalue weighted by Gasteiger charge is -2.00. The van der Waals surface area contributed by atoms with E-state index in [0.29, 0.717) is 5.92 Å². The molecule has 0 spiro atoms. The van der Waals surface area contributed by atoms with Gasteiger partial charge in [-0.3, -0.25) is 4.79 Å². The van der Waals surface area contributed by atoms with Crippen LogP contribution in [0.15, 0.2) is 24.3 Å². The van der Waals surface area contributed by atoms with Crippen molar-refractivity contribution in [3.63, 3.8) is 0 Å². The van der Waals surface area contributed by atoms with E-state index in [-0.39, 0.29) is 6.42 Å². The third-order valence-corrected chi connectivity index (χ3v) is 4.48. The van der Waals surface area contributed by atoms with Gasteiger partial charge in [0, 0.05) is 16.4 Å². The Morgan fingerprint density at radius 3 is 2.79 bits per heavy atom. The maximum absolute atomic E-state index is 11.0. The van der Waals surface area contributed by atoms with Crippen LogP contribution < -0.4 is 0 Å². The Bertz CT molecular complexity index is 629. The second-order valence-corrected chi connectivity index (χ2v) is 6.07. The molecule has 0 unspecified atom stereocenters. The van der Waals surface area contributed by atoms with Crippen LogP contribution in [0.25, 0.3) is 10.6 Å². The molecular formula is C15H15NO2S. The van der Waals surface area contributed by atoms with E-state index in [4.69, 9.17) is 10.1 Å². The number of aliphatic carboxylic acids is 1. The van der Waals surface area contributed by atoms with E-state index in [9.17, 15) is 4.79 Å². The third-order valence-electron chi connectivity index (χ3n) is 3.38. The summed E-state index contributed by atoms with van der Waals surface area (Å²) in [7, 11) is 0. The second-order valence-electron chi connectivity index (χ2n) is 4.99. The third kappa shape index (κ3) is 2.54. The molecule has 0 atom stereocenters. The number of carboxylic acids is 1. The standard InChI is InChI=1S/C15H15NO2S/c1-9-4-2-3-5-11(9)15-16-14(10-6-7-10)12(19-15)8-13(17)18/h2-5,10H,6-8H2,1H3,(H,17,18). The number of hydrogen-bond acceptors (Lipinski definition) is 3. The maximum atomic E-state index is 11.0. The Morgan fingerprint density at radius 1 is 1.42 bits per heavy atom. The van der Waals surface area contributed by atoms with Crippen LogP contribution >= 0.6 is 11.3 Å². The molecule has 1 aliphatic rings. The first-order valence-electron chi connectivity index (χ1n) is 6.42. The summed E-state index contributed by atoms with van der Waals surface area (Å²) in [6.45, 7) is 2.06. The van der Waals surface area contributed by atoms with E-state index in [2.05, 4.69) is 19.1 Å². The molecule has 3 rings (SSSR count). The minimum atomic E-state index is -0.776. The van der Waals surface area contributed by atoms with Gasteiger partial charge in [-0.15, -0.1) is 11.3 Å². The largest absolute Gasteiger partial charge is 0.481 e. The molecule has 1 N–H and O–H groups in total. The van der Waals surface area contributed by atoms with Crippen molar-refractivity contribution in [2.75, 3.05) is 0 Å². The van der Waals surface area contributed by atoms with Crippen molar-refractivity contribution in [3.8, 4) is 10.6 Å². The summed E-state index contributed by atoms with van der Waals surface area (Å²) in [6, 6.07) is 8.11. The number of benzene rings is 1. The van der Waals surface area contributed by atoms with Gasteiger partial charge in [-0.05, 0) is 25.3 Å². The molecule has 0 amide bonds. The molecule has 0 bridgehead atoms. The molecule has 1 heterocycles. The predicted octanol–water partition coefficient (Wildman–Crippen LogP) is 3.62. The molecule has 1 aromatic heterocycles. The smallest absolute Gasteiger partial charge is 0.308 e. The highest BCUT2D eigenvalue weighted by Crippen LogP contribution is 2.44. The molecule has 0 aliphatic heterocycles. The van der Waals surface area contributed by atoms with Gasteiger partial charge in [0.2, 0.25) is 0 Å². The fraction of sp³-hybridized carbons (Fsp3) is 0.333. The molecular weight excluding hydrogens is 258 g/mol. The monoisotopic (exact) mass is 273 g/mol. The van der Waals surface area contributed by atoms with Gasteiger partial charge >= 0.3 is 5.97 Å². The fourth-order valence-corrected chi connectivity index (χ4v) is 3.46. The molecule has 0 radical (unpaired) electrons. The van der Waals surface area contributed by atoms with Gasteiger partial charge in [-0.1, -0.05) is 24.3 Å². The number of rotatable bonds is 4. The van der Waals surface area contributed by atoms with Crippen LogP contribution in [-0.2, 0) is 11.2 Å². The summed E-state index contributed by atoms with van der Waals surface area (Å²) in [4.78, 5) is 16.6. The molecule has 1 saturated carbocycles. The van der Waals surface area contributed by atoms with Crippen molar-refractivity contribution >= 4 is 17.3 Å². The molecule has 1 aromatic carbocycles. The van der Waals surface area contributed by atoms with E-state index in [1.807, 2.05) is 12.1 Å². The average Bonchev–Trinajstić information content (AvgIpc) is 3.12. The van der Waals surface area contributed by atoms with Gasteiger partial charge in [0.15, 0.2) is 0 Å². The highest BCUT2D eigenvalue weighted by molar-refractivity contribution is 7.15. The Morgan fingerprint density at radius 2 is 2.16 bits per heavy atom. The zero-order chi connectivity index (χ0) is 13.4. The normalized spacial score (nSPS) is 14.6. The summed E-state index contributed by atoms with van der Waals surface area (Å²) in [5.74, 6) is -0.287. The second kappa shape index (κ2) is 4.78. The first kappa shape index (κ1) is 12.4. The molecule has 3 nitrogen and oxygen atoms in total. The van der Waals surface area contributed by atoms with Crippen LogP contribution in [0.5, 0.6) is 0 Å². The maximum Gasteiger partial charge on any atom is 0.308 e. The number of nitrogens with zero attached hydrogens (tertiary/aromatic N) is 1. The lowest BCUT2D eigenvalue weighted by molar-refractivity contribution is -0.136.